The van der Waals surface area contributed by atoms with Crippen LogP contribution in [0.2, 0.25) is 0 Å². The second-order valence-corrected chi connectivity index (χ2v) is 8.81. The Morgan fingerprint density at radius 1 is 0.690 bits per heavy atom. The number of nitrogens with zero attached hydrogens (tertiary/aromatic N) is 1. The lowest BCUT2D eigenvalue weighted by molar-refractivity contribution is -0.921. The summed E-state index contributed by atoms with van der Waals surface area (Å²) in [5.74, 6) is 0. The third kappa shape index (κ3) is 8.18. The van der Waals surface area contributed by atoms with E-state index in [2.05, 4.69) is 60.7 Å². The molecule has 0 atom stereocenters. The Hall–Kier alpha value is -1.25. The molecule has 1 nitrogen and oxygen atoms in total. The molecule has 29 heavy (non-hydrogen) atoms. The van der Waals surface area contributed by atoms with Crippen LogP contribution in [0, 0.1) is 0 Å². The van der Waals surface area contributed by atoms with E-state index in [1.165, 1.54) is 43.5 Å². The highest BCUT2D eigenvalue weighted by atomic mass is 35.5. The molecule has 156 valence electrons. The molecule has 0 aromatic heterocycles. The van der Waals surface area contributed by atoms with Crippen LogP contribution < -0.4 is 12.4 Å². The number of quaternary nitrogens is 1. The maximum absolute atomic E-state index is 6.58. The third-order valence-corrected chi connectivity index (χ3v) is 6.17. The van der Waals surface area contributed by atoms with Gasteiger partial charge in [0.15, 0.2) is 0 Å². The van der Waals surface area contributed by atoms with Crippen molar-refractivity contribution in [3.05, 3.63) is 94.0 Å². The van der Waals surface area contributed by atoms with Gasteiger partial charge < -0.3 is 16.9 Å². The van der Waals surface area contributed by atoms with Crippen LogP contribution >= 0.6 is 23.2 Å². The predicted octanol–water partition coefficient (Wildman–Crippen LogP) is 3.72. The van der Waals surface area contributed by atoms with Crippen LogP contribution in [0.15, 0.2) is 82.9 Å². The first kappa shape index (κ1) is 24.0. The van der Waals surface area contributed by atoms with Gasteiger partial charge in [0.25, 0.3) is 0 Å². The second kappa shape index (κ2) is 12.4. The Labute approximate surface area is 192 Å². The molecule has 0 spiro atoms. The number of likely N-dealkylation sites (tertiary alicyclic amines) is 1. The molecule has 0 radical (unpaired) electrons. The lowest BCUT2D eigenvalue weighted by Gasteiger charge is -2.40. The summed E-state index contributed by atoms with van der Waals surface area (Å²) in [6.07, 6.45) is 10.0. The van der Waals surface area contributed by atoms with Crippen LogP contribution in [0.25, 0.3) is 0 Å². The Morgan fingerprint density at radius 2 is 1.10 bits per heavy atom. The molecule has 4 heteroatoms. The average molecular weight is 451 g/mol. The standard InChI is InChI=1S/C25H30Cl2N.ClH/c26-24(20-22-10-4-1-5-11-22)14-18-28(16-8-3-9-17-28)19-15-25(27)21-23-12-6-2-7-13-23;/h1-2,4-7,10-15H,3,8-9,16-21H2;1H/q+1;/p-1/b24-14-,25-15-;. The van der Waals surface area contributed by atoms with Crippen LogP contribution in [0.4, 0.5) is 0 Å². The molecule has 1 aliphatic rings. The number of benzene rings is 2. The monoisotopic (exact) mass is 449 g/mol. The van der Waals surface area contributed by atoms with E-state index in [0.717, 1.165) is 40.5 Å². The van der Waals surface area contributed by atoms with Crippen molar-refractivity contribution in [1.29, 1.82) is 0 Å². The molecule has 3 rings (SSSR count). The molecule has 1 saturated heterocycles. The molecular weight excluding hydrogens is 421 g/mol. The fourth-order valence-electron chi connectivity index (χ4n) is 3.93. The molecule has 0 amide bonds. The largest absolute Gasteiger partial charge is 1.00 e. The fourth-order valence-corrected chi connectivity index (χ4v) is 4.38. The summed E-state index contributed by atoms with van der Waals surface area (Å²) in [5.41, 5.74) is 2.53. The smallest absolute Gasteiger partial charge is 0.0990 e. The predicted molar refractivity (Wildman–Crippen MR) is 122 cm³/mol. The van der Waals surface area contributed by atoms with Crippen molar-refractivity contribution >= 4 is 23.2 Å². The summed E-state index contributed by atoms with van der Waals surface area (Å²) in [6, 6.07) is 20.9. The number of piperidine rings is 1. The Morgan fingerprint density at radius 3 is 1.52 bits per heavy atom. The van der Waals surface area contributed by atoms with E-state index in [1.807, 2.05) is 12.1 Å². The Kier molecular flexibility index (Phi) is 10.3. The molecule has 2 aromatic carbocycles. The van der Waals surface area contributed by atoms with Gasteiger partial charge in [0, 0.05) is 22.9 Å². The average Bonchev–Trinajstić information content (AvgIpc) is 2.73. The summed E-state index contributed by atoms with van der Waals surface area (Å²) in [4.78, 5) is 0. The van der Waals surface area contributed by atoms with Crippen LogP contribution in [0.5, 0.6) is 0 Å². The van der Waals surface area contributed by atoms with E-state index in [4.69, 9.17) is 23.2 Å². The molecule has 0 N–H and O–H groups in total. The van der Waals surface area contributed by atoms with Crippen LogP contribution in [-0.4, -0.2) is 30.7 Å². The number of allylic oxidation sites excluding steroid dienone is 2. The summed E-state index contributed by atoms with van der Waals surface area (Å²) < 4.78 is 1.07. The third-order valence-electron chi connectivity index (χ3n) is 5.60. The maximum atomic E-state index is 6.58. The number of hydrogen-bond acceptors (Lipinski definition) is 0. The van der Waals surface area contributed by atoms with Gasteiger partial charge in [-0.05, 0) is 42.5 Å². The molecule has 0 unspecified atom stereocenters. The van der Waals surface area contributed by atoms with Crippen molar-refractivity contribution in [2.24, 2.45) is 0 Å². The molecule has 2 aromatic rings. The lowest BCUT2D eigenvalue weighted by atomic mass is 10.1. The first-order valence-electron chi connectivity index (χ1n) is 10.3. The second-order valence-electron chi connectivity index (χ2n) is 7.84. The fraction of sp³-hybridized carbons (Fsp3) is 0.360. The molecule has 1 aliphatic heterocycles. The topological polar surface area (TPSA) is 0 Å². The van der Waals surface area contributed by atoms with Crippen LogP contribution in [-0.2, 0) is 12.8 Å². The lowest BCUT2D eigenvalue weighted by Crippen LogP contribution is -3.00. The van der Waals surface area contributed by atoms with Crippen LogP contribution in [0.1, 0.15) is 30.4 Å². The van der Waals surface area contributed by atoms with Gasteiger partial charge in [0.1, 0.15) is 0 Å². The van der Waals surface area contributed by atoms with Gasteiger partial charge in [-0.2, -0.15) is 0 Å². The summed E-state index contributed by atoms with van der Waals surface area (Å²) in [5, 5.41) is 1.88. The van der Waals surface area contributed by atoms with Gasteiger partial charge in [-0.1, -0.05) is 83.9 Å². The first-order chi connectivity index (χ1) is 13.7. The molecule has 1 heterocycles. The molecule has 0 aliphatic carbocycles. The van der Waals surface area contributed by atoms with Crippen molar-refractivity contribution < 1.29 is 16.9 Å². The van der Waals surface area contributed by atoms with Gasteiger partial charge in [-0.15, -0.1) is 0 Å². The normalized spacial score (nSPS) is 16.9. The van der Waals surface area contributed by atoms with E-state index in [9.17, 15) is 0 Å². The first-order valence-corrected chi connectivity index (χ1v) is 11.0. The van der Waals surface area contributed by atoms with Gasteiger partial charge in [0.05, 0.1) is 26.2 Å². The minimum atomic E-state index is 0. The van der Waals surface area contributed by atoms with E-state index >= 15 is 0 Å². The minimum Gasteiger partial charge on any atom is -1.00 e. The Bertz CT molecular complexity index is 717. The van der Waals surface area contributed by atoms with E-state index < -0.39 is 0 Å². The zero-order chi connectivity index (χ0) is 19.7. The van der Waals surface area contributed by atoms with Gasteiger partial charge >= 0.3 is 0 Å². The highest BCUT2D eigenvalue weighted by molar-refractivity contribution is 6.30. The van der Waals surface area contributed by atoms with Crippen LogP contribution in [0.3, 0.4) is 0 Å². The SMILES string of the molecule is Cl/C(=C\C[N+]1(C/C=C(\Cl)Cc2ccccc2)CCCCC1)Cc1ccccc1.[Cl-]. The highest BCUT2D eigenvalue weighted by Crippen LogP contribution is 2.22. The molecule has 0 saturated carbocycles. The Balaban J connectivity index is 0.00000300. The van der Waals surface area contributed by atoms with Crippen molar-refractivity contribution in [3.8, 4) is 0 Å². The summed E-state index contributed by atoms with van der Waals surface area (Å²) in [6.45, 7) is 4.38. The molecule has 0 bridgehead atoms. The molecule has 1 fully saturated rings. The van der Waals surface area contributed by atoms with E-state index in [0.29, 0.717) is 0 Å². The van der Waals surface area contributed by atoms with Crippen molar-refractivity contribution in [1.82, 2.24) is 0 Å². The zero-order valence-electron chi connectivity index (χ0n) is 16.9. The van der Waals surface area contributed by atoms with Gasteiger partial charge in [-0.25, -0.2) is 0 Å². The van der Waals surface area contributed by atoms with Gasteiger partial charge in [0.2, 0.25) is 0 Å². The quantitative estimate of drug-likeness (QED) is 0.538. The zero-order valence-corrected chi connectivity index (χ0v) is 19.1. The number of halogens is 3. The summed E-state index contributed by atoms with van der Waals surface area (Å²) in [7, 11) is 0. The number of hydrogen-bond donors (Lipinski definition) is 0. The summed E-state index contributed by atoms with van der Waals surface area (Å²) >= 11 is 13.2. The maximum Gasteiger partial charge on any atom is 0.0990 e. The number of rotatable bonds is 8. The van der Waals surface area contributed by atoms with Gasteiger partial charge in [-0.3, -0.25) is 0 Å². The van der Waals surface area contributed by atoms with Crippen molar-refractivity contribution in [2.45, 2.75) is 32.1 Å². The van der Waals surface area contributed by atoms with E-state index in [1.54, 1.807) is 0 Å². The minimum absolute atomic E-state index is 0. The highest BCUT2D eigenvalue weighted by Gasteiger charge is 2.28. The van der Waals surface area contributed by atoms with Crippen molar-refractivity contribution in [2.75, 3.05) is 26.2 Å². The van der Waals surface area contributed by atoms with Crippen molar-refractivity contribution in [3.63, 3.8) is 0 Å². The van der Waals surface area contributed by atoms with E-state index in [-0.39, 0.29) is 12.4 Å². The molecular formula is C25H30Cl3N.